The molecule has 0 aromatic carbocycles. The van der Waals surface area contributed by atoms with Gasteiger partial charge in [0, 0.05) is 18.9 Å². The molecule has 0 bridgehead atoms. The van der Waals surface area contributed by atoms with E-state index in [0.29, 0.717) is 6.42 Å². The fourth-order valence-corrected chi connectivity index (χ4v) is 4.25. The van der Waals surface area contributed by atoms with Crippen LogP contribution in [0.2, 0.25) is 0 Å². The third-order valence-corrected chi connectivity index (χ3v) is 4.87. The van der Waals surface area contributed by atoms with E-state index in [9.17, 15) is 9.90 Å². The Bertz CT molecular complexity index is 369. The second-order valence-electron chi connectivity index (χ2n) is 6.42. The van der Waals surface area contributed by atoms with Crippen LogP contribution in [0.1, 0.15) is 26.7 Å². The second kappa shape index (κ2) is 4.52. The molecule has 108 valence electrons. The lowest BCUT2D eigenvalue weighted by Gasteiger charge is -2.41. The first-order chi connectivity index (χ1) is 8.96. The molecule has 0 spiro atoms. The third-order valence-electron chi connectivity index (χ3n) is 4.87. The van der Waals surface area contributed by atoms with Gasteiger partial charge >= 0.3 is 0 Å². The molecule has 1 heterocycles. The lowest BCUT2D eigenvalue weighted by atomic mass is 9.71. The molecular formula is C14H22O5. The van der Waals surface area contributed by atoms with Crippen LogP contribution in [-0.4, -0.2) is 48.7 Å². The van der Waals surface area contributed by atoms with Crippen molar-refractivity contribution < 1.29 is 24.1 Å². The molecule has 0 aromatic heterocycles. The Morgan fingerprint density at radius 1 is 1.32 bits per heavy atom. The molecular weight excluding hydrogens is 248 g/mol. The predicted molar refractivity (Wildman–Crippen MR) is 66.4 cm³/mol. The van der Waals surface area contributed by atoms with E-state index in [-0.39, 0.29) is 36.1 Å². The van der Waals surface area contributed by atoms with Crippen molar-refractivity contribution in [2.45, 2.75) is 56.9 Å². The Hall–Kier alpha value is -0.490. The maximum atomic E-state index is 11.3. The van der Waals surface area contributed by atoms with Gasteiger partial charge in [0.2, 0.25) is 0 Å². The van der Waals surface area contributed by atoms with Crippen LogP contribution in [0.4, 0.5) is 0 Å². The number of aliphatic hydroxyl groups is 1. The van der Waals surface area contributed by atoms with Crippen LogP contribution in [0, 0.1) is 17.8 Å². The zero-order valence-corrected chi connectivity index (χ0v) is 11.6. The molecule has 3 aliphatic rings. The van der Waals surface area contributed by atoms with Crippen LogP contribution in [0.15, 0.2) is 0 Å². The van der Waals surface area contributed by atoms with Gasteiger partial charge in [0.25, 0.3) is 0 Å². The molecule has 1 saturated heterocycles. The van der Waals surface area contributed by atoms with Gasteiger partial charge in [-0.2, -0.15) is 0 Å². The highest BCUT2D eigenvalue weighted by atomic mass is 16.8. The number of carbonyl (C=O) groups is 1. The Labute approximate surface area is 113 Å². The largest absolute Gasteiger partial charge is 0.390 e. The molecule has 0 radical (unpaired) electrons. The van der Waals surface area contributed by atoms with Crippen LogP contribution in [-0.2, 0) is 19.0 Å². The maximum absolute atomic E-state index is 11.3. The molecule has 2 aliphatic carbocycles. The van der Waals surface area contributed by atoms with Gasteiger partial charge < -0.3 is 24.1 Å². The molecule has 1 unspecified atom stereocenters. The first-order valence-electron chi connectivity index (χ1n) is 6.98. The van der Waals surface area contributed by atoms with Gasteiger partial charge in [-0.3, -0.25) is 0 Å². The van der Waals surface area contributed by atoms with Crippen molar-refractivity contribution in [2.75, 3.05) is 7.11 Å². The molecule has 0 aromatic rings. The van der Waals surface area contributed by atoms with E-state index >= 15 is 0 Å². The number of hydrogen-bond acceptors (Lipinski definition) is 5. The Kier molecular flexibility index (Phi) is 3.21. The summed E-state index contributed by atoms with van der Waals surface area (Å²) >= 11 is 0. The standard InChI is InChI=1S/C14H22O5/c1-14(2)18-10-5-8-7(6-15)4-9(16)12(17-3)11(8)13(10)19-14/h6-13,16H,4-5H2,1-3H3/t7?,8-,9+,10+,11-,12-,13+/m0/s1. The summed E-state index contributed by atoms with van der Waals surface area (Å²) in [6.07, 6.45) is 1.32. The van der Waals surface area contributed by atoms with Crippen molar-refractivity contribution >= 4 is 6.29 Å². The van der Waals surface area contributed by atoms with Gasteiger partial charge in [-0.1, -0.05) is 0 Å². The lowest BCUT2D eigenvalue weighted by Crippen LogP contribution is -2.50. The minimum atomic E-state index is -0.604. The summed E-state index contributed by atoms with van der Waals surface area (Å²) in [4.78, 5) is 11.3. The summed E-state index contributed by atoms with van der Waals surface area (Å²) in [5, 5.41) is 10.2. The highest BCUT2D eigenvalue weighted by Gasteiger charge is 2.60. The van der Waals surface area contributed by atoms with E-state index in [1.807, 2.05) is 13.8 Å². The summed E-state index contributed by atoms with van der Waals surface area (Å²) < 4.78 is 17.4. The van der Waals surface area contributed by atoms with Crippen molar-refractivity contribution in [1.29, 1.82) is 0 Å². The first kappa shape index (κ1) is 13.5. The number of aliphatic hydroxyl groups excluding tert-OH is 1. The van der Waals surface area contributed by atoms with Crippen LogP contribution in [0.25, 0.3) is 0 Å². The number of fused-ring (bicyclic) bond motifs is 3. The summed E-state index contributed by atoms with van der Waals surface area (Å²) in [6.45, 7) is 3.80. The van der Waals surface area contributed by atoms with E-state index < -0.39 is 11.9 Å². The topological polar surface area (TPSA) is 65.0 Å². The molecule has 19 heavy (non-hydrogen) atoms. The Morgan fingerprint density at radius 2 is 2.05 bits per heavy atom. The van der Waals surface area contributed by atoms with Gasteiger partial charge in [0.1, 0.15) is 6.29 Å². The highest BCUT2D eigenvalue weighted by Crippen LogP contribution is 2.52. The van der Waals surface area contributed by atoms with Gasteiger partial charge in [-0.25, -0.2) is 0 Å². The van der Waals surface area contributed by atoms with E-state index in [4.69, 9.17) is 14.2 Å². The van der Waals surface area contributed by atoms with Gasteiger partial charge in [-0.15, -0.1) is 0 Å². The molecule has 3 fully saturated rings. The molecule has 3 rings (SSSR count). The van der Waals surface area contributed by atoms with Crippen molar-refractivity contribution in [1.82, 2.24) is 0 Å². The molecule has 1 N–H and O–H groups in total. The summed E-state index contributed by atoms with van der Waals surface area (Å²) in [5.74, 6) is -0.475. The fourth-order valence-electron chi connectivity index (χ4n) is 4.25. The molecule has 0 amide bonds. The summed E-state index contributed by atoms with van der Waals surface area (Å²) in [5.41, 5.74) is 0. The quantitative estimate of drug-likeness (QED) is 0.750. The van der Waals surface area contributed by atoms with Gasteiger partial charge in [0.05, 0.1) is 24.4 Å². The number of hydrogen-bond donors (Lipinski definition) is 1. The minimum absolute atomic E-state index is 0.00963. The Balaban J connectivity index is 1.89. The van der Waals surface area contributed by atoms with Crippen LogP contribution in [0.3, 0.4) is 0 Å². The number of ether oxygens (including phenoxy) is 3. The van der Waals surface area contributed by atoms with Crippen molar-refractivity contribution in [3.05, 3.63) is 0 Å². The number of aldehydes is 1. The van der Waals surface area contributed by atoms with Crippen LogP contribution in [0.5, 0.6) is 0 Å². The van der Waals surface area contributed by atoms with Crippen LogP contribution >= 0.6 is 0 Å². The number of rotatable bonds is 2. The van der Waals surface area contributed by atoms with Crippen LogP contribution < -0.4 is 0 Å². The normalized spacial score (nSPS) is 51.7. The minimum Gasteiger partial charge on any atom is -0.390 e. The Morgan fingerprint density at radius 3 is 2.68 bits per heavy atom. The SMILES string of the molecule is CO[C@@H]1[C@H]2[C@@H]3OC(C)(C)O[C@@H]3C[C@H]2C(C=O)C[C@H]1O. The lowest BCUT2D eigenvalue weighted by molar-refractivity contribution is -0.186. The zero-order chi connectivity index (χ0) is 13.8. The fraction of sp³-hybridized carbons (Fsp3) is 0.929. The highest BCUT2D eigenvalue weighted by molar-refractivity contribution is 5.55. The average molecular weight is 270 g/mol. The molecule has 2 saturated carbocycles. The second-order valence-corrected chi connectivity index (χ2v) is 6.42. The maximum Gasteiger partial charge on any atom is 0.163 e. The molecule has 7 atom stereocenters. The van der Waals surface area contributed by atoms with Crippen molar-refractivity contribution in [3.63, 3.8) is 0 Å². The molecule has 5 heteroatoms. The smallest absolute Gasteiger partial charge is 0.163 e. The molecule has 1 aliphatic heterocycles. The zero-order valence-electron chi connectivity index (χ0n) is 11.6. The monoisotopic (exact) mass is 270 g/mol. The van der Waals surface area contributed by atoms with Gasteiger partial charge in [0.15, 0.2) is 5.79 Å². The van der Waals surface area contributed by atoms with E-state index in [0.717, 1.165) is 12.7 Å². The summed E-state index contributed by atoms with van der Waals surface area (Å²) in [6, 6.07) is 0. The van der Waals surface area contributed by atoms with Gasteiger partial charge in [-0.05, 0) is 32.6 Å². The average Bonchev–Trinajstić information content (AvgIpc) is 2.81. The van der Waals surface area contributed by atoms with Crippen molar-refractivity contribution in [3.8, 4) is 0 Å². The number of methoxy groups -OCH3 is 1. The number of carbonyl (C=O) groups excluding carboxylic acids is 1. The molecule has 5 nitrogen and oxygen atoms in total. The third kappa shape index (κ3) is 2.03. The first-order valence-corrected chi connectivity index (χ1v) is 6.98. The van der Waals surface area contributed by atoms with E-state index in [1.54, 1.807) is 7.11 Å². The predicted octanol–water partition coefficient (Wildman–Crippen LogP) is 0.737. The van der Waals surface area contributed by atoms with E-state index in [1.165, 1.54) is 0 Å². The van der Waals surface area contributed by atoms with Crippen molar-refractivity contribution in [2.24, 2.45) is 17.8 Å². The summed E-state index contributed by atoms with van der Waals surface area (Å²) in [7, 11) is 1.61. The van der Waals surface area contributed by atoms with E-state index in [2.05, 4.69) is 0 Å².